The molecule has 1 aromatic carbocycles. The quantitative estimate of drug-likeness (QED) is 0.925. The van der Waals surface area contributed by atoms with Crippen LogP contribution in [-0.2, 0) is 0 Å². The van der Waals surface area contributed by atoms with E-state index in [0.29, 0.717) is 17.1 Å². The van der Waals surface area contributed by atoms with E-state index in [4.69, 9.17) is 11.6 Å². The molecule has 2 rings (SSSR count). The molecule has 0 saturated carbocycles. The molecule has 4 heteroatoms. The van der Waals surface area contributed by atoms with Gasteiger partial charge in [-0.2, -0.15) is 0 Å². The Morgan fingerprint density at radius 2 is 2.00 bits per heavy atom. The Balaban J connectivity index is 1.81. The highest BCUT2D eigenvalue weighted by atomic mass is 35.5. The van der Waals surface area contributed by atoms with Gasteiger partial charge in [0.1, 0.15) is 0 Å². The fourth-order valence-electron chi connectivity index (χ4n) is 3.20. The molecule has 0 spiro atoms. The summed E-state index contributed by atoms with van der Waals surface area (Å²) in [4.78, 5) is 14.6. The minimum Gasteiger partial charge on any atom is -0.351 e. The summed E-state index contributed by atoms with van der Waals surface area (Å²) < 4.78 is 0. The van der Waals surface area contributed by atoms with Crippen LogP contribution in [0.4, 0.5) is 0 Å². The van der Waals surface area contributed by atoms with Crippen LogP contribution in [0.25, 0.3) is 0 Å². The SMILES string of the molecule is Cc1ccc(C(=O)NCCN2C[C@@H](C)C[C@H](C)C2)c(Cl)c1. The number of amides is 1. The number of nitrogens with zero attached hydrogens (tertiary/aromatic N) is 1. The highest BCUT2D eigenvalue weighted by Gasteiger charge is 2.21. The first kappa shape index (κ1) is 16.3. The number of hydrogen-bond acceptors (Lipinski definition) is 2. The molecule has 1 N–H and O–H groups in total. The summed E-state index contributed by atoms with van der Waals surface area (Å²) in [6.45, 7) is 10.4. The van der Waals surface area contributed by atoms with E-state index >= 15 is 0 Å². The molecule has 0 radical (unpaired) electrons. The van der Waals surface area contributed by atoms with Gasteiger partial charge in [-0.05, 0) is 42.9 Å². The smallest absolute Gasteiger partial charge is 0.252 e. The molecule has 21 heavy (non-hydrogen) atoms. The average Bonchev–Trinajstić information content (AvgIpc) is 2.37. The molecule has 1 aliphatic heterocycles. The van der Waals surface area contributed by atoms with Crippen LogP contribution >= 0.6 is 11.6 Å². The third-order valence-electron chi connectivity index (χ3n) is 4.03. The molecule has 0 aromatic heterocycles. The zero-order valence-corrected chi connectivity index (χ0v) is 13.9. The first-order chi connectivity index (χ1) is 9.95. The summed E-state index contributed by atoms with van der Waals surface area (Å²) in [6.07, 6.45) is 1.31. The third kappa shape index (κ3) is 4.72. The van der Waals surface area contributed by atoms with E-state index in [1.54, 1.807) is 6.07 Å². The van der Waals surface area contributed by atoms with Gasteiger partial charge in [-0.1, -0.05) is 31.5 Å². The van der Waals surface area contributed by atoms with Crippen molar-refractivity contribution in [2.75, 3.05) is 26.2 Å². The van der Waals surface area contributed by atoms with E-state index in [2.05, 4.69) is 24.1 Å². The van der Waals surface area contributed by atoms with Gasteiger partial charge in [0, 0.05) is 26.2 Å². The number of aryl methyl sites for hydroxylation is 1. The second-order valence-electron chi connectivity index (χ2n) is 6.44. The Morgan fingerprint density at radius 1 is 1.33 bits per heavy atom. The monoisotopic (exact) mass is 308 g/mol. The number of likely N-dealkylation sites (tertiary alicyclic amines) is 1. The second-order valence-corrected chi connectivity index (χ2v) is 6.85. The second kappa shape index (κ2) is 7.28. The van der Waals surface area contributed by atoms with Crippen molar-refractivity contribution < 1.29 is 4.79 Å². The van der Waals surface area contributed by atoms with Crippen molar-refractivity contribution >= 4 is 17.5 Å². The van der Waals surface area contributed by atoms with Crippen molar-refractivity contribution in [2.24, 2.45) is 11.8 Å². The molecule has 1 saturated heterocycles. The summed E-state index contributed by atoms with van der Waals surface area (Å²) in [5.74, 6) is 1.41. The van der Waals surface area contributed by atoms with E-state index in [1.165, 1.54) is 6.42 Å². The van der Waals surface area contributed by atoms with Gasteiger partial charge in [-0.25, -0.2) is 0 Å². The zero-order valence-electron chi connectivity index (χ0n) is 13.2. The Labute approximate surface area is 132 Å². The molecule has 1 aliphatic rings. The van der Waals surface area contributed by atoms with Crippen LogP contribution in [-0.4, -0.2) is 37.0 Å². The van der Waals surface area contributed by atoms with Gasteiger partial charge in [-0.3, -0.25) is 4.79 Å². The zero-order chi connectivity index (χ0) is 15.4. The molecule has 1 aromatic rings. The van der Waals surface area contributed by atoms with Gasteiger partial charge in [0.2, 0.25) is 0 Å². The number of carbonyl (C=O) groups excluding carboxylic acids is 1. The van der Waals surface area contributed by atoms with Crippen LogP contribution in [0, 0.1) is 18.8 Å². The Hall–Kier alpha value is -1.06. The first-order valence-electron chi connectivity index (χ1n) is 7.72. The molecular formula is C17H25ClN2O. The van der Waals surface area contributed by atoms with Crippen molar-refractivity contribution in [3.63, 3.8) is 0 Å². The van der Waals surface area contributed by atoms with Gasteiger partial charge in [-0.15, -0.1) is 0 Å². The van der Waals surface area contributed by atoms with E-state index in [0.717, 1.165) is 37.0 Å². The maximum absolute atomic E-state index is 12.1. The number of rotatable bonds is 4. The predicted molar refractivity (Wildman–Crippen MR) is 87.9 cm³/mol. The third-order valence-corrected chi connectivity index (χ3v) is 4.34. The van der Waals surface area contributed by atoms with Crippen molar-refractivity contribution in [1.29, 1.82) is 0 Å². The molecule has 0 bridgehead atoms. The lowest BCUT2D eigenvalue weighted by molar-refractivity contribution is 0.0937. The summed E-state index contributed by atoms with van der Waals surface area (Å²) in [5, 5.41) is 3.49. The summed E-state index contributed by atoms with van der Waals surface area (Å²) in [6, 6.07) is 5.53. The largest absolute Gasteiger partial charge is 0.351 e. The Morgan fingerprint density at radius 3 is 2.62 bits per heavy atom. The number of carbonyl (C=O) groups is 1. The highest BCUT2D eigenvalue weighted by Crippen LogP contribution is 2.20. The Bertz CT molecular complexity index is 494. The number of piperidine rings is 1. The molecule has 1 heterocycles. The van der Waals surface area contributed by atoms with Crippen LogP contribution < -0.4 is 5.32 Å². The summed E-state index contributed by atoms with van der Waals surface area (Å²) >= 11 is 6.12. The van der Waals surface area contributed by atoms with E-state index in [9.17, 15) is 4.79 Å². The predicted octanol–water partition coefficient (Wildman–Crippen LogP) is 3.36. The first-order valence-corrected chi connectivity index (χ1v) is 8.10. The van der Waals surface area contributed by atoms with Crippen LogP contribution in [0.3, 0.4) is 0 Å². The minimum atomic E-state index is -0.0851. The highest BCUT2D eigenvalue weighted by molar-refractivity contribution is 6.33. The fourth-order valence-corrected chi connectivity index (χ4v) is 3.52. The van der Waals surface area contributed by atoms with E-state index in [-0.39, 0.29) is 5.91 Å². The Kier molecular flexibility index (Phi) is 5.65. The van der Waals surface area contributed by atoms with E-state index < -0.39 is 0 Å². The number of hydrogen-bond donors (Lipinski definition) is 1. The number of halogens is 1. The van der Waals surface area contributed by atoms with Crippen molar-refractivity contribution in [3.8, 4) is 0 Å². The van der Waals surface area contributed by atoms with Gasteiger partial charge in [0.25, 0.3) is 5.91 Å². The molecular weight excluding hydrogens is 284 g/mol. The van der Waals surface area contributed by atoms with Gasteiger partial charge >= 0.3 is 0 Å². The fraction of sp³-hybridized carbons (Fsp3) is 0.588. The lowest BCUT2D eigenvalue weighted by atomic mass is 9.92. The van der Waals surface area contributed by atoms with Crippen LogP contribution in [0.5, 0.6) is 0 Å². The molecule has 1 fully saturated rings. The average molecular weight is 309 g/mol. The summed E-state index contributed by atoms with van der Waals surface area (Å²) in [7, 11) is 0. The van der Waals surface area contributed by atoms with Gasteiger partial charge in [0.05, 0.1) is 10.6 Å². The molecule has 0 aliphatic carbocycles. The number of benzene rings is 1. The van der Waals surface area contributed by atoms with Crippen molar-refractivity contribution in [1.82, 2.24) is 10.2 Å². The topological polar surface area (TPSA) is 32.3 Å². The van der Waals surface area contributed by atoms with Crippen LogP contribution in [0.2, 0.25) is 5.02 Å². The van der Waals surface area contributed by atoms with Gasteiger partial charge < -0.3 is 10.2 Å². The van der Waals surface area contributed by atoms with Gasteiger partial charge in [0.15, 0.2) is 0 Å². The van der Waals surface area contributed by atoms with Crippen molar-refractivity contribution in [3.05, 3.63) is 34.3 Å². The number of nitrogens with one attached hydrogen (secondary N) is 1. The van der Waals surface area contributed by atoms with Crippen LogP contribution in [0.1, 0.15) is 36.2 Å². The standard InChI is InChI=1S/C17H25ClN2O/c1-12-4-5-15(16(18)9-12)17(21)19-6-7-20-10-13(2)8-14(3)11-20/h4-5,9,13-14H,6-8,10-11H2,1-3H3,(H,19,21)/t13-,14-/m0/s1. The lowest BCUT2D eigenvalue weighted by Crippen LogP contribution is -2.42. The van der Waals surface area contributed by atoms with E-state index in [1.807, 2.05) is 19.1 Å². The lowest BCUT2D eigenvalue weighted by Gasteiger charge is -2.34. The molecule has 2 atom stereocenters. The maximum Gasteiger partial charge on any atom is 0.252 e. The molecule has 1 amide bonds. The molecule has 3 nitrogen and oxygen atoms in total. The summed E-state index contributed by atoms with van der Waals surface area (Å²) in [5.41, 5.74) is 1.62. The maximum atomic E-state index is 12.1. The molecule has 116 valence electrons. The van der Waals surface area contributed by atoms with Crippen molar-refractivity contribution in [2.45, 2.75) is 27.2 Å². The molecule has 0 unspecified atom stereocenters. The van der Waals surface area contributed by atoms with Crippen LogP contribution in [0.15, 0.2) is 18.2 Å². The minimum absolute atomic E-state index is 0.0851. The normalized spacial score (nSPS) is 23.0.